The van der Waals surface area contributed by atoms with Crippen LogP contribution in [0.25, 0.3) is 0 Å². The number of nitrogens with zero attached hydrogens (tertiary/aromatic N) is 3. The lowest BCUT2D eigenvalue weighted by molar-refractivity contribution is -0.384. The van der Waals surface area contributed by atoms with Crippen molar-refractivity contribution in [2.75, 3.05) is 12.0 Å². The van der Waals surface area contributed by atoms with E-state index < -0.39 is 28.8 Å². The highest BCUT2D eigenvalue weighted by Gasteiger charge is 2.56. The fraction of sp³-hybridized carbons (Fsp3) is 0.167. The topological polar surface area (TPSA) is 111 Å². The van der Waals surface area contributed by atoms with Gasteiger partial charge < -0.3 is 9.57 Å². The molecule has 2 unspecified atom stereocenters. The van der Waals surface area contributed by atoms with Crippen molar-refractivity contribution in [3.63, 3.8) is 0 Å². The molecule has 0 radical (unpaired) electrons. The number of carbonyl (C=O) groups excluding carboxylic acids is 2. The number of hydrogen-bond acceptors (Lipinski definition) is 7. The predicted molar refractivity (Wildman–Crippen MR) is 98.5 cm³/mol. The number of hydrogen-bond donors (Lipinski definition) is 0. The van der Waals surface area contributed by atoms with Gasteiger partial charge in [0, 0.05) is 22.7 Å². The number of halogens is 1. The number of benzene rings is 2. The Morgan fingerprint density at radius 1 is 1.18 bits per heavy atom. The predicted octanol–water partition coefficient (Wildman–Crippen LogP) is 2.55. The third kappa shape index (κ3) is 2.67. The first-order valence-electron chi connectivity index (χ1n) is 8.12. The maximum atomic E-state index is 13.1. The molecule has 0 saturated carbocycles. The Labute approximate surface area is 163 Å². The fourth-order valence-electron chi connectivity index (χ4n) is 3.24. The van der Waals surface area contributed by atoms with Crippen LogP contribution in [0, 0.1) is 16.0 Å². The van der Waals surface area contributed by atoms with Crippen molar-refractivity contribution in [1.29, 1.82) is 0 Å². The molecule has 9 nitrogen and oxygen atoms in total. The molecular weight excluding hydrogens is 390 g/mol. The molecule has 2 aliphatic heterocycles. The molecule has 4 rings (SSSR count). The number of fused-ring (bicyclic) bond motifs is 1. The highest BCUT2D eigenvalue weighted by atomic mass is 35.5. The summed E-state index contributed by atoms with van der Waals surface area (Å²) in [4.78, 5) is 42.5. The van der Waals surface area contributed by atoms with Crippen LogP contribution in [-0.2, 0) is 14.4 Å². The highest BCUT2D eigenvalue weighted by molar-refractivity contribution is 6.33. The van der Waals surface area contributed by atoms with E-state index in [4.69, 9.17) is 21.2 Å². The van der Waals surface area contributed by atoms with E-state index in [1.165, 1.54) is 19.2 Å². The van der Waals surface area contributed by atoms with Gasteiger partial charge in [-0.1, -0.05) is 28.9 Å². The van der Waals surface area contributed by atoms with Crippen LogP contribution in [0.1, 0.15) is 5.56 Å². The molecule has 2 aromatic rings. The van der Waals surface area contributed by atoms with Crippen LogP contribution in [0.2, 0.25) is 5.02 Å². The number of ether oxygens (including phenoxy) is 1. The summed E-state index contributed by atoms with van der Waals surface area (Å²) in [6, 6.07) is 10.3. The normalized spacial score (nSPS) is 20.6. The second-order valence-corrected chi connectivity index (χ2v) is 6.55. The maximum Gasteiger partial charge on any atom is 0.279 e. The minimum atomic E-state index is -1.14. The zero-order chi connectivity index (χ0) is 20.0. The molecule has 2 amide bonds. The molecule has 2 aromatic carbocycles. The molecule has 2 aliphatic rings. The average Bonchev–Trinajstić information content (AvgIpc) is 3.22. The summed E-state index contributed by atoms with van der Waals surface area (Å²) in [6.45, 7) is 0. The van der Waals surface area contributed by atoms with Gasteiger partial charge >= 0.3 is 0 Å². The lowest BCUT2D eigenvalue weighted by Crippen LogP contribution is -2.33. The second-order valence-electron chi connectivity index (χ2n) is 6.11. The summed E-state index contributed by atoms with van der Waals surface area (Å²) in [6.07, 6.45) is -1.14. The third-order valence-corrected chi connectivity index (χ3v) is 4.82. The Bertz CT molecular complexity index is 1040. The van der Waals surface area contributed by atoms with Gasteiger partial charge in [0.1, 0.15) is 23.1 Å². The van der Waals surface area contributed by atoms with E-state index >= 15 is 0 Å². The van der Waals surface area contributed by atoms with Crippen molar-refractivity contribution < 1.29 is 24.1 Å². The van der Waals surface area contributed by atoms with E-state index in [9.17, 15) is 19.7 Å². The quantitative estimate of drug-likeness (QED) is 0.442. The van der Waals surface area contributed by atoms with Crippen molar-refractivity contribution >= 4 is 40.5 Å². The number of non-ortho nitro benzene ring substituents is 1. The molecule has 0 N–H and O–H groups in total. The zero-order valence-corrected chi connectivity index (χ0v) is 15.1. The van der Waals surface area contributed by atoms with Gasteiger partial charge in [-0.3, -0.25) is 19.7 Å². The Kier molecular flexibility index (Phi) is 4.23. The molecule has 10 heteroatoms. The van der Waals surface area contributed by atoms with Crippen molar-refractivity contribution in [3.05, 3.63) is 63.2 Å². The number of nitro benzene ring substituents is 1. The Balaban J connectivity index is 1.75. The summed E-state index contributed by atoms with van der Waals surface area (Å²) in [5, 5.41) is 15.5. The van der Waals surface area contributed by atoms with Gasteiger partial charge in [0.2, 0.25) is 12.0 Å². The first-order valence-corrected chi connectivity index (χ1v) is 8.50. The number of methoxy groups -OCH3 is 1. The van der Waals surface area contributed by atoms with Gasteiger partial charge in [0.15, 0.2) is 0 Å². The number of carbonyl (C=O) groups is 2. The van der Waals surface area contributed by atoms with Crippen LogP contribution in [0.3, 0.4) is 0 Å². The third-order valence-electron chi connectivity index (χ3n) is 4.57. The molecule has 0 spiro atoms. The molecule has 2 heterocycles. The van der Waals surface area contributed by atoms with Gasteiger partial charge in [-0.25, -0.2) is 4.90 Å². The van der Waals surface area contributed by atoms with E-state index in [0.717, 1.165) is 11.0 Å². The molecular formula is C18H12ClN3O6. The maximum absolute atomic E-state index is 13.1. The van der Waals surface area contributed by atoms with E-state index in [1.54, 1.807) is 24.3 Å². The number of amides is 2. The van der Waals surface area contributed by atoms with Crippen LogP contribution in [-0.4, -0.2) is 35.7 Å². The van der Waals surface area contributed by atoms with Gasteiger partial charge in [-0.15, -0.1) is 0 Å². The summed E-state index contributed by atoms with van der Waals surface area (Å²) in [5.74, 6) is -2.07. The minimum Gasteiger partial charge on any atom is -0.495 e. The van der Waals surface area contributed by atoms with E-state index in [-0.39, 0.29) is 17.1 Å². The van der Waals surface area contributed by atoms with Crippen LogP contribution in [0.15, 0.2) is 47.6 Å². The Morgan fingerprint density at radius 2 is 1.89 bits per heavy atom. The molecule has 1 saturated heterocycles. The van der Waals surface area contributed by atoms with E-state index in [1.807, 2.05) is 0 Å². The number of imide groups is 1. The van der Waals surface area contributed by atoms with E-state index in [2.05, 4.69) is 5.16 Å². The second kappa shape index (κ2) is 6.61. The van der Waals surface area contributed by atoms with Crippen LogP contribution >= 0.6 is 11.6 Å². The average molecular weight is 402 g/mol. The summed E-state index contributed by atoms with van der Waals surface area (Å²) in [7, 11) is 1.34. The monoisotopic (exact) mass is 401 g/mol. The summed E-state index contributed by atoms with van der Waals surface area (Å²) in [5.41, 5.74) is 0.596. The highest BCUT2D eigenvalue weighted by Crippen LogP contribution is 2.40. The first kappa shape index (κ1) is 17.9. The molecule has 2 atom stereocenters. The number of oxime groups is 1. The van der Waals surface area contributed by atoms with Gasteiger partial charge in [0.25, 0.3) is 11.6 Å². The summed E-state index contributed by atoms with van der Waals surface area (Å²) < 4.78 is 5.18. The minimum absolute atomic E-state index is 0.0137. The molecule has 28 heavy (non-hydrogen) atoms. The lowest BCUT2D eigenvalue weighted by atomic mass is 9.94. The molecule has 0 aromatic heterocycles. The Morgan fingerprint density at radius 3 is 2.54 bits per heavy atom. The largest absolute Gasteiger partial charge is 0.495 e. The van der Waals surface area contributed by atoms with Gasteiger partial charge in [-0.05, 0) is 18.2 Å². The van der Waals surface area contributed by atoms with Crippen LogP contribution in [0.4, 0.5) is 11.4 Å². The first-order chi connectivity index (χ1) is 13.4. The SMILES string of the molecule is COc1ccc([N+](=O)[O-])cc1N1C(=O)C2ON=C(c3ccc(Cl)cc3)C2C1=O. The van der Waals surface area contributed by atoms with Crippen LogP contribution < -0.4 is 9.64 Å². The zero-order valence-electron chi connectivity index (χ0n) is 14.4. The molecule has 0 aliphatic carbocycles. The Hall–Kier alpha value is -3.46. The van der Waals surface area contributed by atoms with Crippen molar-refractivity contribution in [2.45, 2.75) is 6.10 Å². The number of nitro groups is 1. The van der Waals surface area contributed by atoms with Crippen molar-refractivity contribution in [2.24, 2.45) is 11.1 Å². The van der Waals surface area contributed by atoms with Crippen molar-refractivity contribution in [1.82, 2.24) is 0 Å². The van der Waals surface area contributed by atoms with E-state index in [0.29, 0.717) is 16.3 Å². The summed E-state index contributed by atoms with van der Waals surface area (Å²) >= 11 is 5.89. The van der Waals surface area contributed by atoms with Crippen molar-refractivity contribution in [3.8, 4) is 5.75 Å². The smallest absolute Gasteiger partial charge is 0.279 e. The standard InChI is InChI=1S/C18H12ClN3O6/c1-27-13-7-6-11(22(25)26)8-12(13)21-17(23)14-15(20-28-16(14)18(21)24)9-2-4-10(19)5-3-9/h2-8,14,16H,1H3. The number of rotatable bonds is 4. The van der Waals surface area contributed by atoms with Gasteiger partial charge in [-0.2, -0.15) is 0 Å². The van der Waals surface area contributed by atoms with Gasteiger partial charge in [0.05, 0.1) is 12.0 Å². The fourth-order valence-corrected chi connectivity index (χ4v) is 3.37. The van der Waals surface area contributed by atoms with Crippen LogP contribution in [0.5, 0.6) is 5.75 Å². The molecule has 1 fully saturated rings. The molecule has 142 valence electrons. The molecule has 0 bridgehead atoms. The lowest BCUT2D eigenvalue weighted by Gasteiger charge is -2.18. The number of anilines is 1.